The van der Waals surface area contributed by atoms with Crippen molar-refractivity contribution in [2.45, 2.75) is 65.0 Å². The van der Waals surface area contributed by atoms with Crippen LogP contribution in [0.15, 0.2) is 30.6 Å². The number of hydrogen-bond acceptors (Lipinski definition) is 6. The van der Waals surface area contributed by atoms with Gasteiger partial charge in [0.2, 0.25) is 5.91 Å². The van der Waals surface area contributed by atoms with E-state index >= 15 is 0 Å². The molecule has 1 aromatic heterocycles. The minimum atomic E-state index is -0.415. The Morgan fingerprint density at radius 1 is 1.25 bits per heavy atom. The van der Waals surface area contributed by atoms with Gasteiger partial charge in [-0.3, -0.25) is 4.79 Å². The maximum atomic E-state index is 11.3. The van der Waals surface area contributed by atoms with Crippen molar-refractivity contribution >= 4 is 23.3 Å². The number of hydrogen-bond donors (Lipinski definition) is 3. The third-order valence-electron chi connectivity index (χ3n) is 5.69. The summed E-state index contributed by atoms with van der Waals surface area (Å²) in [5, 5.41) is 13.8. The molecule has 0 radical (unpaired) electrons. The van der Waals surface area contributed by atoms with Gasteiger partial charge in [0.05, 0.1) is 17.7 Å². The second-order valence-corrected chi connectivity index (χ2v) is 8.83. The minimum Gasteiger partial charge on any atom is -0.387 e. The van der Waals surface area contributed by atoms with Crippen molar-refractivity contribution < 1.29 is 9.90 Å². The normalized spacial score (nSPS) is 18.0. The molecule has 0 unspecified atom stereocenters. The van der Waals surface area contributed by atoms with Gasteiger partial charge < -0.3 is 21.1 Å². The van der Waals surface area contributed by atoms with E-state index in [0.29, 0.717) is 23.5 Å². The summed E-state index contributed by atoms with van der Waals surface area (Å²) >= 11 is 5.79. The smallest absolute Gasteiger partial charge is 0.226 e. The van der Waals surface area contributed by atoms with E-state index in [1.54, 1.807) is 18.5 Å². The fraction of sp³-hybridized carbons (Fsp3) is 0.542. The zero-order valence-corrected chi connectivity index (χ0v) is 20.4. The number of anilines is 1. The number of fused-ring (bicyclic) bond motifs is 1. The molecule has 8 heteroatoms. The number of rotatable bonds is 8. The number of aliphatic hydroxyl groups is 1. The van der Waals surface area contributed by atoms with E-state index in [2.05, 4.69) is 41.0 Å². The highest BCUT2D eigenvalue weighted by Gasteiger charge is 2.32. The molecule has 1 amide bonds. The molecule has 0 fully saturated rings. The Kier molecular flexibility index (Phi) is 9.87. The van der Waals surface area contributed by atoms with Gasteiger partial charge in [0.25, 0.3) is 0 Å². The number of primary amides is 1. The van der Waals surface area contributed by atoms with Crippen molar-refractivity contribution in [1.82, 2.24) is 15.3 Å². The summed E-state index contributed by atoms with van der Waals surface area (Å²) in [6, 6.07) is 7.53. The molecule has 0 bridgehead atoms. The molecule has 3 atom stereocenters. The summed E-state index contributed by atoms with van der Waals surface area (Å²) in [5.41, 5.74) is 8.24. The first-order valence-electron chi connectivity index (χ1n) is 11.2. The SMILES string of the molecule is CC(C)NC[C@H](C(N)=O)c1ccc(Cl)cc1.CCN(CC)c1ncnc2c1[C@H](C)C[C@H]2O. The maximum absolute atomic E-state index is 11.3. The molecule has 0 saturated carbocycles. The molecule has 1 aliphatic carbocycles. The predicted molar refractivity (Wildman–Crippen MR) is 130 cm³/mol. The number of nitrogens with one attached hydrogen (secondary N) is 1. The van der Waals surface area contributed by atoms with Crippen LogP contribution in [0.5, 0.6) is 0 Å². The van der Waals surface area contributed by atoms with Crippen molar-refractivity contribution in [3.63, 3.8) is 0 Å². The lowest BCUT2D eigenvalue weighted by Gasteiger charge is -2.23. The molecule has 0 saturated heterocycles. The number of benzene rings is 1. The monoisotopic (exact) mass is 461 g/mol. The Labute approximate surface area is 196 Å². The van der Waals surface area contributed by atoms with Crippen molar-refractivity contribution in [3.05, 3.63) is 52.4 Å². The van der Waals surface area contributed by atoms with Crippen LogP contribution in [0, 0.1) is 0 Å². The quantitative estimate of drug-likeness (QED) is 0.552. The molecule has 1 aliphatic rings. The predicted octanol–water partition coefficient (Wildman–Crippen LogP) is 3.77. The number of nitrogens with two attached hydrogens (primary N) is 1. The van der Waals surface area contributed by atoms with Crippen LogP contribution in [0.25, 0.3) is 0 Å². The number of halogens is 1. The molecule has 1 heterocycles. The van der Waals surface area contributed by atoms with E-state index in [-0.39, 0.29) is 11.8 Å². The highest BCUT2D eigenvalue weighted by atomic mass is 35.5. The van der Waals surface area contributed by atoms with Gasteiger partial charge in [-0.05, 0) is 43.9 Å². The summed E-state index contributed by atoms with van der Waals surface area (Å²) in [7, 11) is 0. The van der Waals surface area contributed by atoms with Crippen LogP contribution in [-0.2, 0) is 4.79 Å². The van der Waals surface area contributed by atoms with E-state index in [1.165, 1.54) is 0 Å². The third-order valence-corrected chi connectivity index (χ3v) is 5.94. The standard InChI is InChI=1S/C12H17ClN2O.C12H19N3O/c1-8(2)15-7-11(12(14)16)9-3-5-10(13)6-4-9;1-4-15(5-2)12-10-8(3)6-9(16)11(10)13-7-14-12/h3-6,8,11,15H,7H2,1-2H3,(H2,14,16);7-9,16H,4-6H2,1-3H3/t11-;8-,9-/m01/s1. The van der Waals surface area contributed by atoms with E-state index < -0.39 is 6.10 Å². The van der Waals surface area contributed by atoms with Crippen LogP contribution in [0.1, 0.15) is 75.8 Å². The highest BCUT2D eigenvalue weighted by Crippen LogP contribution is 2.42. The van der Waals surface area contributed by atoms with Crippen LogP contribution in [0.2, 0.25) is 5.02 Å². The Hall–Kier alpha value is -2.22. The van der Waals surface area contributed by atoms with E-state index in [0.717, 1.165) is 42.1 Å². The number of nitrogens with zero attached hydrogens (tertiary/aromatic N) is 3. The number of aliphatic hydroxyl groups excluding tert-OH is 1. The van der Waals surface area contributed by atoms with Crippen LogP contribution in [-0.4, -0.2) is 46.7 Å². The Morgan fingerprint density at radius 2 is 1.88 bits per heavy atom. The highest BCUT2D eigenvalue weighted by molar-refractivity contribution is 6.30. The molecule has 3 rings (SSSR count). The molecule has 0 aliphatic heterocycles. The van der Waals surface area contributed by atoms with E-state index in [1.807, 2.05) is 26.0 Å². The fourth-order valence-corrected chi connectivity index (χ4v) is 4.03. The number of amides is 1. The minimum absolute atomic E-state index is 0.306. The summed E-state index contributed by atoms with van der Waals surface area (Å²) < 4.78 is 0. The average Bonchev–Trinajstić information content (AvgIpc) is 3.05. The van der Waals surface area contributed by atoms with Gasteiger partial charge in [0, 0.05) is 36.3 Å². The second kappa shape index (κ2) is 12.1. The number of aromatic nitrogens is 2. The van der Waals surface area contributed by atoms with Gasteiger partial charge in [-0.15, -0.1) is 0 Å². The lowest BCUT2D eigenvalue weighted by atomic mass is 9.98. The molecular weight excluding hydrogens is 426 g/mol. The van der Waals surface area contributed by atoms with Gasteiger partial charge in [0.15, 0.2) is 0 Å². The Bertz CT molecular complexity index is 871. The largest absolute Gasteiger partial charge is 0.387 e. The average molecular weight is 462 g/mol. The maximum Gasteiger partial charge on any atom is 0.226 e. The summed E-state index contributed by atoms with van der Waals surface area (Å²) in [6.07, 6.45) is 1.91. The molecule has 32 heavy (non-hydrogen) atoms. The molecule has 2 aromatic rings. The molecule has 1 aromatic carbocycles. The Morgan fingerprint density at radius 3 is 2.41 bits per heavy atom. The van der Waals surface area contributed by atoms with Gasteiger partial charge in [-0.1, -0.05) is 44.5 Å². The van der Waals surface area contributed by atoms with Crippen molar-refractivity contribution in [1.29, 1.82) is 0 Å². The first-order valence-corrected chi connectivity index (χ1v) is 11.6. The Balaban J connectivity index is 0.000000227. The molecular formula is C24H36ClN5O2. The summed E-state index contributed by atoms with van der Waals surface area (Å²) in [5.74, 6) is 0.719. The zero-order valence-electron chi connectivity index (χ0n) is 19.7. The summed E-state index contributed by atoms with van der Waals surface area (Å²) in [4.78, 5) is 22.2. The fourth-order valence-electron chi connectivity index (χ4n) is 3.91. The summed E-state index contributed by atoms with van der Waals surface area (Å²) in [6.45, 7) is 12.8. The van der Waals surface area contributed by atoms with Crippen LogP contribution >= 0.6 is 11.6 Å². The van der Waals surface area contributed by atoms with E-state index in [9.17, 15) is 9.90 Å². The first kappa shape index (κ1) is 26.0. The van der Waals surface area contributed by atoms with Crippen LogP contribution in [0.3, 0.4) is 0 Å². The van der Waals surface area contributed by atoms with Gasteiger partial charge in [-0.2, -0.15) is 0 Å². The van der Waals surface area contributed by atoms with Crippen LogP contribution in [0.4, 0.5) is 5.82 Å². The first-order chi connectivity index (χ1) is 15.2. The number of carbonyl (C=O) groups is 1. The van der Waals surface area contributed by atoms with Crippen molar-refractivity contribution in [2.75, 3.05) is 24.5 Å². The van der Waals surface area contributed by atoms with E-state index in [4.69, 9.17) is 17.3 Å². The van der Waals surface area contributed by atoms with Gasteiger partial charge in [-0.25, -0.2) is 9.97 Å². The van der Waals surface area contributed by atoms with Crippen molar-refractivity contribution in [3.8, 4) is 0 Å². The lowest BCUT2D eigenvalue weighted by molar-refractivity contribution is -0.119. The van der Waals surface area contributed by atoms with Crippen LogP contribution < -0.4 is 16.0 Å². The third kappa shape index (κ3) is 6.64. The topological polar surface area (TPSA) is 104 Å². The number of carbonyl (C=O) groups excluding carboxylic acids is 1. The van der Waals surface area contributed by atoms with Gasteiger partial charge in [0.1, 0.15) is 12.1 Å². The molecule has 176 valence electrons. The second-order valence-electron chi connectivity index (χ2n) is 8.39. The zero-order chi connectivity index (χ0) is 23.8. The van der Waals surface area contributed by atoms with Gasteiger partial charge >= 0.3 is 0 Å². The van der Waals surface area contributed by atoms with Crippen molar-refractivity contribution in [2.24, 2.45) is 5.73 Å². The molecule has 0 spiro atoms. The lowest BCUT2D eigenvalue weighted by Crippen LogP contribution is -2.34. The molecule has 4 N–H and O–H groups in total. The molecule has 7 nitrogen and oxygen atoms in total.